The van der Waals surface area contributed by atoms with Gasteiger partial charge in [-0.15, -0.1) is 11.3 Å². The van der Waals surface area contributed by atoms with Crippen molar-refractivity contribution in [3.63, 3.8) is 0 Å². The van der Waals surface area contributed by atoms with E-state index >= 15 is 0 Å². The summed E-state index contributed by atoms with van der Waals surface area (Å²) in [6.07, 6.45) is -0.377. The zero-order valence-electron chi connectivity index (χ0n) is 25.8. The Balaban J connectivity index is 0.000000161. The molecule has 6 heteroatoms. The maximum absolute atomic E-state index is 8.50. The molecule has 0 saturated carbocycles. The maximum atomic E-state index is 8.50. The normalized spacial score (nSPS) is 11.5. The van der Waals surface area contributed by atoms with E-state index in [0.717, 1.165) is 5.56 Å². The van der Waals surface area contributed by atoms with Gasteiger partial charge in [-0.2, -0.15) is 5.26 Å². The molecule has 1 unspecified atom stereocenters. The predicted octanol–water partition coefficient (Wildman–Crippen LogP) is 9.43. The van der Waals surface area contributed by atoms with Gasteiger partial charge in [0.25, 0.3) is 0 Å². The lowest BCUT2D eigenvalue weighted by Gasteiger charge is -2.09. The molecular weight excluding hydrogens is 583 g/mol. The molecule has 5 nitrogen and oxygen atoms in total. The van der Waals surface area contributed by atoms with Crippen LogP contribution in [0.3, 0.4) is 0 Å². The summed E-state index contributed by atoms with van der Waals surface area (Å²) in [4.78, 5) is 0. The third-order valence-corrected chi connectivity index (χ3v) is 9.15. The summed E-state index contributed by atoms with van der Waals surface area (Å²) in [5.41, 5.74) is 15.9. The van der Waals surface area contributed by atoms with E-state index in [-0.39, 0.29) is 6.17 Å². The number of aromatic nitrogens is 1. The Morgan fingerprint density at radius 3 is 2.00 bits per heavy atom. The number of hydrogen-bond acceptors (Lipinski definition) is 5. The van der Waals surface area contributed by atoms with E-state index < -0.39 is 0 Å². The molecule has 0 aliphatic carbocycles. The highest BCUT2D eigenvalue weighted by Gasteiger charge is 2.17. The number of nitriles is 1. The van der Waals surface area contributed by atoms with Crippen LogP contribution in [-0.2, 0) is 0 Å². The van der Waals surface area contributed by atoms with Crippen LogP contribution in [-0.4, -0.2) is 4.57 Å². The van der Waals surface area contributed by atoms with Crippen LogP contribution in [0.2, 0.25) is 0 Å². The van der Waals surface area contributed by atoms with Gasteiger partial charge in [0.05, 0.1) is 33.5 Å². The molecular formula is C40H35N5S. The Morgan fingerprint density at radius 2 is 1.33 bits per heavy atom. The fourth-order valence-electron chi connectivity index (χ4n) is 5.66. The van der Waals surface area contributed by atoms with E-state index in [1.807, 2.05) is 35.6 Å². The van der Waals surface area contributed by atoms with Crippen LogP contribution in [0.1, 0.15) is 28.4 Å². The topological polar surface area (TPSA) is 92.8 Å². The summed E-state index contributed by atoms with van der Waals surface area (Å²) in [6, 6.07) is 50.1. The van der Waals surface area contributed by atoms with Crippen LogP contribution in [0.4, 0.5) is 0 Å². The summed E-state index contributed by atoms with van der Waals surface area (Å²) in [7, 11) is 0. The highest BCUT2D eigenvalue weighted by atomic mass is 32.1. The monoisotopic (exact) mass is 617 g/mol. The van der Waals surface area contributed by atoms with E-state index in [0.29, 0.717) is 5.56 Å². The predicted molar refractivity (Wildman–Crippen MR) is 195 cm³/mol. The zero-order chi connectivity index (χ0) is 32.0. The van der Waals surface area contributed by atoms with Gasteiger partial charge in [0, 0.05) is 31.9 Å². The van der Waals surface area contributed by atoms with Crippen molar-refractivity contribution in [2.45, 2.75) is 20.0 Å². The van der Waals surface area contributed by atoms with Gasteiger partial charge in [-0.25, -0.2) is 5.43 Å². The molecule has 2 heterocycles. The summed E-state index contributed by atoms with van der Waals surface area (Å²) in [5, 5.41) is 13.8. The lowest BCUT2D eigenvalue weighted by molar-refractivity contribution is 0.577. The molecule has 0 fully saturated rings. The number of thiophene rings is 1. The van der Waals surface area contributed by atoms with Crippen molar-refractivity contribution in [3.8, 4) is 11.8 Å². The third-order valence-electron chi connectivity index (χ3n) is 7.96. The lowest BCUT2D eigenvalue weighted by Crippen LogP contribution is -2.33. The van der Waals surface area contributed by atoms with E-state index in [2.05, 4.69) is 121 Å². The van der Waals surface area contributed by atoms with Crippen LogP contribution in [0.25, 0.3) is 47.7 Å². The second-order valence-corrected chi connectivity index (χ2v) is 12.2. The number of nitrogens with zero attached hydrogens (tertiary/aromatic N) is 2. The molecule has 0 spiro atoms. The fourth-order valence-corrected chi connectivity index (χ4v) is 6.90. The smallest absolute Gasteiger partial charge is 0.0991 e. The number of fused-ring (bicyclic) bond motifs is 7. The Bertz CT molecular complexity index is 2290. The van der Waals surface area contributed by atoms with Crippen molar-refractivity contribution < 1.29 is 0 Å². The standard InChI is InChI=1S/C25H17NS.C8H10N4.C7H8/c1-16-7-6-8-17(15-16)26-22-11-4-2-9-18(22)20-13-14-21-19-10-3-5-12-23(19)27-25(21)24(20)26;9-5-6-1-3-7(4-2-6)8(10)12-11;1-7-5-3-2-4-6-7/h2-15H,1H3;1-4,8,12H,10-11H2;2-6H,1H3. The van der Waals surface area contributed by atoms with Gasteiger partial charge in [-0.05, 0) is 61.4 Å². The number of hydrazine groups is 1. The van der Waals surface area contributed by atoms with E-state index in [4.69, 9.17) is 16.8 Å². The number of nitrogens with one attached hydrogen (secondary N) is 1. The summed E-state index contributed by atoms with van der Waals surface area (Å²) < 4.78 is 5.16. The molecule has 0 radical (unpaired) electrons. The molecule has 1 atom stereocenters. The summed E-state index contributed by atoms with van der Waals surface area (Å²) >= 11 is 1.90. The van der Waals surface area contributed by atoms with Crippen molar-refractivity contribution in [1.29, 1.82) is 5.26 Å². The number of nitrogens with two attached hydrogens (primary N) is 2. The first-order valence-electron chi connectivity index (χ1n) is 15.1. The van der Waals surface area contributed by atoms with Crippen molar-refractivity contribution >= 4 is 53.3 Å². The SMILES string of the molecule is Cc1cccc(-n2c3ccccc3c3ccc4c5ccccc5sc4c32)c1.Cc1ccccc1.N#Cc1ccc(C(N)NN)cc1. The molecule has 6 aromatic carbocycles. The Kier molecular flexibility index (Phi) is 9.20. The van der Waals surface area contributed by atoms with E-state index in [1.165, 1.54) is 58.8 Å². The van der Waals surface area contributed by atoms with Gasteiger partial charge < -0.3 is 10.3 Å². The number of aryl methyl sites for hydroxylation is 2. The highest BCUT2D eigenvalue weighted by Crippen LogP contribution is 2.42. The van der Waals surface area contributed by atoms with Gasteiger partial charge in [0.15, 0.2) is 0 Å². The van der Waals surface area contributed by atoms with Crippen molar-refractivity contribution in [2.24, 2.45) is 11.6 Å². The molecule has 0 aliphatic rings. The minimum absolute atomic E-state index is 0.377. The van der Waals surface area contributed by atoms with Crippen LogP contribution >= 0.6 is 11.3 Å². The first-order chi connectivity index (χ1) is 22.5. The molecule has 226 valence electrons. The number of rotatable bonds is 3. The molecule has 0 aliphatic heterocycles. The first kappa shape index (κ1) is 30.7. The van der Waals surface area contributed by atoms with Gasteiger partial charge in [-0.3, -0.25) is 5.84 Å². The van der Waals surface area contributed by atoms with Crippen molar-refractivity contribution in [1.82, 2.24) is 9.99 Å². The Morgan fingerprint density at radius 1 is 0.674 bits per heavy atom. The van der Waals surface area contributed by atoms with Crippen molar-refractivity contribution in [3.05, 3.63) is 162 Å². The van der Waals surface area contributed by atoms with Crippen LogP contribution in [0, 0.1) is 25.2 Å². The molecule has 0 amide bonds. The number of benzene rings is 6. The number of para-hydroxylation sites is 1. The van der Waals surface area contributed by atoms with Gasteiger partial charge in [0.2, 0.25) is 0 Å². The molecule has 46 heavy (non-hydrogen) atoms. The molecule has 5 N–H and O–H groups in total. The zero-order valence-corrected chi connectivity index (χ0v) is 26.6. The van der Waals surface area contributed by atoms with Gasteiger partial charge in [0.1, 0.15) is 0 Å². The van der Waals surface area contributed by atoms with Crippen molar-refractivity contribution in [2.75, 3.05) is 0 Å². The van der Waals surface area contributed by atoms with Crippen LogP contribution in [0.15, 0.2) is 140 Å². The Labute approximate surface area is 272 Å². The van der Waals surface area contributed by atoms with E-state index in [1.54, 1.807) is 24.3 Å². The van der Waals surface area contributed by atoms with Crippen LogP contribution < -0.4 is 17.0 Å². The molecule has 2 aromatic heterocycles. The minimum atomic E-state index is -0.377. The number of hydrogen-bond donors (Lipinski definition) is 3. The molecule has 8 aromatic rings. The minimum Gasteiger partial charge on any atom is -0.311 e. The quantitative estimate of drug-likeness (QED) is 0.105. The second-order valence-electron chi connectivity index (χ2n) is 11.2. The first-order valence-corrected chi connectivity index (χ1v) is 15.9. The Hall–Kier alpha value is -5.29. The van der Waals surface area contributed by atoms with Crippen LogP contribution in [0.5, 0.6) is 0 Å². The average Bonchev–Trinajstić information content (AvgIpc) is 3.65. The molecule has 0 bridgehead atoms. The molecule has 8 rings (SSSR count). The highest BCUT2D eigenvalue weighted by molar-refractivity contribution is 7.26. The van der Waals surface area contributed by atoms with Gasteiger partial charge in [-0.1, -0.05) is 109 Å². The lowest BCUT2D eigenvalue weighted by atomic mass is 10.1. The summed E-state index contributed by atoms with van der Waals surface area (Å²) in [5.74, 6) is 5.13. The summed E-state index contributed by atoms with van der Waals surface area (Å²) in [6.45, 7) is 4.24. The largest absolute Gasteiger partial charge is 0.311 e. The second kappa shape index (κ2) is 13.8. The molecule has 0 saturated heterocycles. The third kappa shape index (κ3) is 6.27. The van der Waals surface area contributed by atoms with Gasteiger partial charge >= 0.3 is 0 Å². The van der Waals surface area contributed by atoms with E-state index in [9.17, 15) is 0 Å². The average molecular weight is 618 g/mol. The maximum Gasteiger partial charge on any atom is 0.0991 e. The fraction of sp³-hybridized carbons (Fsp3) is 0.0750.